The van der Waals surface area contributed by atoms with Crippen molar-refractivity contribution < 1.29 is 30.3 Å². The number of rotatable bonds is 9. The first-order valence-corrected chi connectivity index (χ1v) is 15.8. The van der Waals surface area contributed by atoms with Crippen LogP contribution in [0, 0.1) is 12.1 Å². The molecule has 6 aromatic rings. The van der Waals surface area contributed by atoms with Gasteiger partial charge in [-0.15, -0.1) is 78.4 Å². The number of hydrogen-bond acceptors (Lipinski definition) is 6. The molecular weight excluding hydrogens is 749 g/mol. The molecule has 6 rings (SSSR count). The van der Waals surface area contributed by atoms with E-state index in [2.05, 4.69) is 40.8 Å². The molecule has 2 heterocycles. The van der Waals surface area contributed by atoms with E-state index in [1.54, 1.807) is 29.6 Å². The van der Waals surface area contributed by atoms with Crippen LogP contribution in [0.4, 0.5) is 0 Å². The number of allylic oxidation sites excluding steroid dienone is 1. The second-order valence-electron chi connectivity index (χ2n) is 9.84. The van der Waals surface area contributed by atoms with Crippen LogP contribution in [0.2, 0.25) is 0 Å². The van der Waals surface area contributed by atoms with Crippen molar-refractivity contribution in [2.45, 2.75) is 51.2 Å². The maximum absolute atomic E-state index is 9.33. The summed E-state index contributed by atoms with van der Waals surface area (Å²) < 4.78 is 2.45. The zero-order valence-electron chi connectivity index (χ0n) is 24.2. The molecular formula is C36H36IrN2O2S2-2. The fraction of sp³-hybridized carbons (Fsp3) is 0.222. The first-order chi connectivity index (χ1) is 20.5. The van der Waals surface area contributed by atoms with E-state index in [4.69, 9.17) is 5.11 Å². The molecule has 4 nitrogen and oxygen atoms in total. The van der Waals surface area contributed by atoms with Gasteiger partial charge in [0.2, 0.25) is 0 Å². The summed E-state index contributed by atoms with van der Waals surface area (Å²) >= 11 is 3.42. The molecule has 0 saturated heterocycles. The van der Waals surface area contributed by atoms with E-state index in [1.807, 2.05) is 91.0 Å². The number of hydrogen-bond donors (Lipinski definition) is 2. The molecule has 0 aliphatic heterocycles. The topological polar surface area (TPSA) is 66.2 Å². The minimum atomic E-state index is -0.389. The van der Waals surface area contributed by atoms with Crippen molar-refractivity contribution in [1.29, 1.82) is 0 Å². The molecule has 1 radical (unpaired) electrons. The molecule has 0 saturated carbocycles. The van der Waals surface area contributed by atoms with Crippen molar-refractivity contribution in [2.24, 2.45) is 0 Å². The minimum absolute atomic E-state index is 0. The van der Waals surface area contributed by atoms with Gasteiger partial charge in [-0.25, -0.2) is 0 Å². The molecule has 0 bridgehead atoms. The third-order valence-corrected chi connectivity index (χ3v) is 8.41. The van der Waals surface area contributed by atoms with Gasteiger partial charge in [-0.1, -0.05) is 36.8 Å². The number of nitrogens with zero attached hydrogens (tertiary/aromatic N) is 2. The van der Waals surface area contributed by atoms with E-state index >= 15 is 0 Å². The third-order valence-electron chi connectivity index (χ3n) is 6.28. The van der Waals surface area contributed by atoms with Gasteiger partial charge < -0.3 is 10.2 Å². The standard InChI is InChI=1S/2C13H8NS.C10H20O2.Ir/c2*1-2-6-10(7-3-1)13-14-11-8-4-5-9-12(11)15-13;1-3-4-5-6-7-10(12)8-9(2)11;/h2*1-6,8-9H;3,9-12H,1,4-8H2,2H3;/q2*-1;;. The van der Waals surface area contributed by atoms with Crippen molar-refractivity contribution in [1.82, 2.24) is 9.97 Å². The summed E-state index contributed by atoms with van der Waals surface area (Å²) in [6.45, 7) is 5.32. The Labute approximate surface area is 276 Å². The molecule has 7 heteroatoms. The average Bonchev–Trinajstić information content (AvgIpc) is 3.66. The zero-order valence-corrected chi connectivity index (χ0v) is 28.2. The predicted molar refractivity (Wildman–Crippen MR) is 179 cm³/mol. The van der Waals surface area contributed by atoms with Gasteiger partial charge in [-0.05, 0) is 56.9 Å². The molecule has 225 valence electrons. The van der Waals surface area contributed by atoms with Gasteiger partial charge in [0.15, 0.2) is 0 Å². The summed E-state index contributed by atoms with van der Waals surface area (Å²) in [6, 6.07) is 38.6. The van der Waals surface area contributed by atoms with Crippen LogP contribution < -0.4 is 0 Å². The van der Waals surface area contributed by atoms with Crippen LogP contribution in [0.25, 0.3) is 41.6 Å². The summed E-state index contributed by atoms with van der Waals surface area (Å²) in [5.74, 6) is 0. The van der Waals surface area contributed by atoms with Crippen molar-refractivity contribution in [3.05, 3.63) is 122 Å². The Bertz CT molecular complexity index is 1460. The monoisotopic (exact) mass is 785 g/mol. The molecule has 0 aliphatic carbocycles. The zero-order chi connectivity index (χ0) is 29.6. The van der Waals surface area contributed by atoms with Gasteiger partial charge in [-0.3, -0.25) is 9.97 Å². The molecule has 0 aliphatic rings. The number of unbranched alkanes of at least 4 members (excludes halogenated alkanes) is 2. The quantitative estimate of drug-likeness (QED) is 0.0872. The van der Waals surface area contributed by atoms with E-state index in [-0.39, 0.29) is 32.3 Å². The normalized spacial score (nSPS) is 11.8. The van der Waals surface area contributed by atoms with Crippen LogP contribution in [0.5, 0.6) is 0 Å². The molecule has 0 fully saturated rings. The largest absolute Gasteiger partial charge is 0.393 e. The Morgan fingerprint density at radius 2 is 1.23 bits per heavy atom. The summed E-state index contributed by atoms with van der Waals surface area (Å²) in [5.41, 5.74) is 4.27. The third kappa shape index (κ3) is 11.2. The fourth-order valence-corrected chi connectivity index (χ4v) is 6.12. The van der Waals surface area contributed by atoms with Gasteiger partial charge in [-0.2, -0.15) is 22.7 Å². The van der Waals surface area contributed by atoms with Crippen molar-refractivity contribution in [3.63, 3.8) is 0 Å². The van der Waals surface area contributed by atoms with Gasteiger partial charge in [0, 0.05) is 39.5 Å². The molecule has 2 aromatic heterocycles. The Balaban J connectivity index is 0.000000177. The van der Waals surface area contributed by atoms with Crippen molar-refractivity contribution >= 4 is 43.1 Å². The number of aliphatic hydroxyl groups is 2. The maximum atomic E-state index is 9.33. The van der Waals surface area contributed by atoms with E-state index < -0.39 is 0 Å². The molecule has 2 atom stereocenters. The van der Waals surface area contributed by atoms with Crippen LogP contribution in [-0.2, 0) is 20.1 Å². The number of aliphatic hydroxyl groups excluding tert-OH is 2. The van der Waals surface area contributed by atoms with E-state index in [0.29, 0.717) is 6.42 Å². The van der Waals surface area contributed by atoms with Crippen LogP contribution in [0.15, 0.2) is 110 Å². The van der Waals surface area contributed by atoms with Gasteiger partial charge in [0.1, 0.15) is 0 Å². The number of fused-ring (bicyclic) bond motifs is 2. The smallest absolute Gasteiger partial charge is 0.0697 e. The van der Waals surface area contributed by atoms with E-state index in [9.17, 15) is 5.11 Å². The first-order valence-electron chi connectivity index (χ1n) is 14.2. The molecule has 0 spiro atoms. The van der Waals surface area contributed by atoms with E-state index in [1.165, 1.54) is 9.40 Å². The van der Waals surface area contributed by atoms with Crippen LogP contribution >= 0.6 is 22.7 Å². The number of aromatic nitrogens is 2. The van der Waals surface area contributed by atoms with Crippen LogP contribution in [-0.4, -0.2) is 32.4 Å². The fourth-order valence-electron chi connectivity index (χ4n) is 4.21. The predicted octanol–water partition coefficient (Wildman–Crippen LogP) is 9.39. The summed E-state index contributed by atoms with van der Waals surface area (Å²) in [6.07, 6.45) is 5.56. The second kappa shape index (κ2) is 18.6. The first kappa shape index (κ1) is 34.5. The molecule has 2 N–H and O–H groups in total. The summed E-state index contributed by atoms with van der Waals surface area (Å²) in [7, 11) is 0. The Hall–Kier alpha value is -3.03. The Kier molecular flexibility index (Phi) is 14.9. The van der Waals surface area contributed by atoms with E-state index in [0.717, 1.165) is 57.9 Å². The van der Waals surface area contributed by atoms with Crippen LogP contribution in [0.3, 0.4) is 0 Å². The maximum Gasteiger partial charge on any atom is 0.0697 e. The van der Waals surface area contributed by atoms with Gasteiger partial charge in [0.25, 0.3) is 0 Å². The second-order valence-corrected chi connectivity index (χ2v) is 11.9. The summed E-state index contributed by atoms with van der Waals surface area (Å²) in [4.78, 5) is 9.14. The Morgan fingerprint density at radius 3 is 1.65 bits per heavy atom. The van der Waals surface area contributed by atoms with Gasteiger partial charge in [0.05, 0.1) is 23.2 Å². The molecule has 43 heavy (non-hydrogen) atoms. The van der Waals surface area contributed by atoms with Crippen LogP contribution in [0.1, 0.15) is 39.0 Å². The van der Waals surface area contributed by atoms with Gasteiger partial charge >= 0.3 is 0 Å². The average molecular weight is 785 g/mol. The molecule has 0 amide bonds. The molecule has 2 unspecified atom stereocenters. The number of thiazole rings is 2. The minimum Gasteiger partial charge on any atom is -0.393 e. The molecule has 4 aromatic carbocycles. The number of para-hydroxylation sites is 2. The SMILES string of the molecule is C=CCCCCC(O)CC(C)O.[Ir].[c-]1ccccc1-c1nc2ccccc2s1.[c-]1ccccc1-c1nc2ccccc2s1. The Morgan fingerprint density at radius 1 is 0.744 bits per heavy atom. The summed E-state index contributed by atoms with van der Waals surface area (Å²) in [5, 5.41) is 20.4. The van der Waals surface area contributed by atoms with Crippen molar-refractivity contribution in [2.75, 3.05) is 0 Å². The van der Waals surface area contributed by atoms with Crippen molar-refractivity contribution in [3.8, 4) is 21.1 Å². The number of benzene rings is 4.